The van der Waals surface area contributed by atoms with Crippen LogP contribution in [0.15, 0.2) is 72.8 Å². The Morgan fingerprint density at radius 1 is 0.833 bits per heavy atom. The summed E-state index contributed by atoms with van der Waals surface area (Å²) in [6.45, 7) is 1.07. The molecule has 0 aromatic heterocycles. The highest BCUT2D eigenvalue weighted by Gasteiger charge is 2.25. The van der Waals surface area contributed by atoms with E-state index in [9.17, 15) is 5.11 Å². The number of hydrogen-bond donors (Lipinski definition) is 1. The number of rotatable bonds is 6. The first-order chi connectivity index (χ1) is 11.8. The summed E-state index contributed by atoms with van der Waals surface area (Å²) < 4.78 is 12.0. The molecule has 3 heteroatoms. The van der Waals surface area contributed by atoms with Gasteiger partial charge in [-0.25, -0.2) is 0 Å². The van der Waals surface area contributed by atoms with Gasteiger partial charge < -0.3 is 14.6 Å². The quantitative estimate of drug-likeness (QED) is 0.820. The Kier molecular flexibility index (Phi) is 6.19. The Morgan fingerprint density at radius 2 is 1.42 bits per heavy atom. The van der Waals surface area contributed by atoms with Crippen molar-refractivity contribution in [2.45, 2.75) is 44.4 Å². The molecular formula is C21H24O3. The molecule has 0 spiro atoms. The van der Waals surface area contributed by atoms with Gasteiger partial charge in [-0.1, -0.05) is 72.8 Å². The van der Waals surface area contributed by atoms with Crippen LogP contribution in [0, 0.1) is 0 Å². The van der Waals surface area contributed by atoms with Gasteiger partial charge in [-0.05, 0) is 17.5 Å². The monoisotopic (exact) mass is 324 g/mol. The minimum atomic E-state index is -0.490. The predicted molar refractivity (Wildman–Crippen MR) is 94.4 cm³/mol. The fourth-order valence-electron chi connectivity index (χ4n) is 2.84. The van der Waals surface area contributed by atoms with Crippen LogP contribution in [0.1, 0.15) is 24.0 Å². The first-order valence-corrected chi connectivity index (χ1v) is 8.47. The molecule has 0 unspecified atom stereocenters. The van der Waals surface area contributed by atoms with Gasteiger partial charge in [-0.2, -0.15) is 0 Å². The van der Waals surface area contributed by atoms with E-state index in [-0.39, 0.29) is 12.2 Å². The second-order valence-electron chi connectivity index (χ2n) is 6.14. The highest BCUT2D eigenvalue weighted by Crippen LogP contribution is 2.21. The van der Waals surface area contributed by atoms with Gasteiger partial charge in [0.2, 0.25) is 0 Å². The first kappa shape index (κ1) is 16.9. The number of aliphatic hydroxyl groups excluding tert-OH is 1. The van der Waals surface area contributed by atoms with Crippen LogP contribution < -0.4 is 0 Å². The lowest BCUT2D eigenvalue weighted by atomic mass is 10.1. The lowest BCUT2D eigenvalue weighted by molar-refractivity contribution is -0.0681. The minimum absolute atomic E-state index is 0.0388. The van der Waals surface area contributed by atoms with E-state index in [2.05, 4.69) is 12.1 Å². The summed E-state index contributed by atoms with van der Waals surface area (Å²) in [5, 5.41) is 10.3. The lowest BCUT2D eigenvalue weighted by Crippen LogP contribution is -2.31. The van der Waals surface area contributed by atoms with Gasteiger partial charge in [0, 0.05) is 6.42 Å². The molecule has 0 heterocycles. The predicted octanol–water partition coefficient (Wildman–Crippen LogP) is 3.87. The van der Waals surface area contributed by atoms with Crippen molar-refractivity contribution in [3.05, 3.63) is 83.9 Å². The molecule has 0 radical (unpaired) electrons. The van der Waals surface area contributed by atoms with E-state index in [1.165, 1.54) is 0 Å². The van der Waals surface area contributed by atoms with Crippen molar-refractivity contribution in [3.8, 4) is 0 Å². The molecule has 0 aliphatic heterocycles. The van der Waals surface area contributed by atoms with Crippen molar-refractivity contribution in [1.82, 2.24) is 0 Å². The maximum Gasteiger partial charge on any atom is 0.0869 e. The molecule has 2 aromatic rings. The van der Waals surface area contributed by atoms with Crippen LogP contribution in [0.2, 0.25) is 0 Å². The van der Waals surface area contributed by atoms with Gasteiger partial charge in [-0.3, -0.25) is 0 Å². The average Bonchev–Trinajstić information content (AvgIpc) is 2.81. The summed E-state index contributed by atoms with van der Waals surface area (Å²) in [6, 6.07) is 20.2. The topological polar surface area (TPSA) is 38.7 Å². The summed E-state index contributed by atoms with van der Waals surface area (Å²) in [5.74, 6) is 0. The number of ether oxygens (including phenoxy) is 2. The molecule has 0 fully saturated rings. The summed E-state index contributed by atoms with van der Waals surface area (Å²) >= 11 is 0. The maximum absolute atomic E-state index is 10.3. The molecule has 1 aliphatic carbocycles. The van der Waals surface area contributed by atoms with Gasteiger partial charge in [0.05, 0.1) is 31.5 Å². The van der Waals surface area contributed by atoms with E-state index >= 15 is 0 Å². The summed E-state index contributed by atoms with van der Waals surface area (Å²) in [6.07, 6.45) is 4.55. The second kappa shape index (κ2) is 8.78. The maximum atomic E-state index is 10.3. The molecule has 24 heavy (non-hydrogen) atoms. The highest BCUT2D eigenvalue weighted by molar-refractivity contribution is 5.14. The smallest absolute Gasteiger partial charge is 0.0869 e. The third-order valence-electron chi connectivity index (χ3n) is 4.24. The van der Waals surface area contributed by atoms with Gasteiger partial charge in [-0.15, -0.1) is 0 Å². The van der Waals surface area contributed by atoms with E-state index in [4.69, 9.17) is 9.47 Å². The fraction of sp³-hybridized carbons (Fsp3) is 0.333. The van der Waals surface area contributed by atoms with Crippen LogP contribution >= 0.6 is 0 Å². The second-order valence-corrected chi connectivity index (χ2v) is 6.14. The number of aliphatic hydroxyl groups is 1. The van der Waals surface area contributed by atoms with Gasteiger partial charge >= 0.3 is 0 Å². The van der Waals surface area contributed by atoms with Gasteiger partial charge in [0.15, 0.2) is 0 Å². The molecule has 0 amide bonds. The molecule has 3 nitrogen and oxygen atoms in total. The van der Waals surface area contributed by atoms with E-state index in [1.807, 2.05) is 60.7 Å². The molecule has 0 saturated heterocycles. The molecule has 1 N–H and O–H groups in total. The van der Waals surface area contributed by atoms with Crippen molar-refractivity contribution >= 4 is 0 Å². The third-order valence-corrected chi connectivity index (χ3v) is 4.24. The minimum Gasteiger partial charge on any atom is -0.390 e. The van der Waals surface area contributed by atoms with Crippen molar-refractivity contribution < 1.29 is 14.6 Å². The zero-order chi connectivity index (χ0) is 16.6. The Balaban J connectivity index is 1.54. The molecular weight excluding hydrogens is 300 g/mol. The van der Waals surface area contributed by atoms with Crippen LogP contribution in [0.3, 0.4) is 0 Å². The van der Waals surface area contributed by atoms with E-state index in [0.29, 0.717) is 26.1 Å². The SMILES string of the molecule is O[C@@H]1CC=C[C@H](OCc2ccccc2)C[C@H]1OCc1ccccc1. The van der Waals surface area contributed by atoms with Crippen molar-refractivity contribution in [2.24, 2.45) is 0 Å². The molecule has 1 aliphatic rings. The Hall–Kier alpha value is -1.94. The summed E-state index contributed by atoms with van der Waals surface area (Å²) in [5.41, 5.74) is 2.26. The van der Waals surface area contributed by atoms with Gasteiger partial charge in [0.25, 0.3) is 0 Å². The van der Waals surface area contributed by atoms with Crippen LogP contribution in [-0.2, 0) is 22.7 Å². The van der Waals surface area contributed by atoms with E-state index in [0.717, 1.165) is 11.1 Å². The first-order valence-electron chi connectivity index (χ1n) is 8.47. The van der Waals surface area contributed by atoms with Crippen LogP contribution in [0.5, 0.6) is 0 Å². The average molecular weight is 324 g/mol. The highest BCUT2D eigenvalue weighted by atomic mass is 16.5. The molecule has 0 saturated carbocycles. The molecule has 126 valence electrons. The van der Waals surface area contributed by atoms with Crippen LogP contribution in [0.25, 0.3) is 0 Å². The standard InChI is InChI=1S/C21H24O3/c22-20-13-7-12-19(23-15-17-8-3-1-4-9-17)14-21(20)24-16-18-10-5-2-6-11-18/h1-12,19-22H,13-16H2/t19-,20+,21+/m0/s1. The fourth-order valence-corrected chi connectivity index (χ4v) is 2.84. The number of hydrogen-bond acceptors (Lipinski definition) is 3. The molecule has 2 aromatic carbocycles. The Labute approximate surface area is 143 Å². The summed E-state index contributed by atoms with van der Waals surface area (Å²) in [4.78, 5) is 0. The third kappa shape index (κ3) is 5.03. The zero-order valence-electron chi connectivity index (χ0n) is 13.8. The normalized spacial score (nSPS) is 23.8. The van der Waals surface area contributed by atoms with Gasteiger partial charge in [0.1, 0.15) is 0 Å². The van der Waals surface area contributed by atoms with Crippen molar-refractivity contribution in [1.29, 1.82) is 0 Å². The number of benzene rings is 2. The summed E-state index contributed by atoms with van der Waals surface area (Å²) in [7, 11) is 0. The van der Waals surface area contributed by atoms with E-state index in [1.54, 1.807) is 0 Å². The van der Waals surface area contributed by atoms with Crippen molar-refractivity contribution in [3.63, 3.8) is 0 Å². The largest absolute Gasteiger partial charge is 0.390 e. The Bertz CT molecular complexity index is 624. The lowest BCUT2D eigenvalue weighted by Gasteiger charge is -2.24. The Morgan fingerprint density at radius 3 is 2.04 bits per heavy atom. The van der Waals surface area contributed by atoms with E-state index < -0.39 is 6.10 Å². The molecule has 0 bridgehead atoms. The molecule has 3 atom stereocenters. The molecule has 3 rings (SSSR count). The van der Waals surface area contributed by atoms with Crippen molar-refractivity contribution in [2.75, 3.05) is 0 Å². The van der Waals surface area contributed by atoms with Crippen LogP contribution in [-0.4, -0.2) is 23.4 Å². The van der Waals surface area contributed by atoms with Crippen LogP contribution in [0.4, 0.5) is 0 Å². The zero-order valence-corrected chi connectivity index (χ0v) is 13.8.